The van der Waals surface area contributed by atoms with Crippen LogP contribution in [0.3, 0.4) is 0 Å². The maximum Gasteiger partial charge on any atom is 0.274 e. The highest BCUT2D eigenvalue weighted by Crippen LogP contribution is 2.28. The molecule has 0 fully saturated rings. The number of carbonyl (C=O) groups is 10. The maximum absolute atomic E-state index is 13.0. The van der Waals surface area contributed by atoms with Crippen LogP contribution in [-0.4, -0.2) is 112 Å². The van der Waals surface area contributed by atoms with Gasteiger partial charge in [-0.15, -0.1) is 0 Å². The Hall–Kier alpha value is -17.6. The van der Waals surface area contributed by atoms with E-state index in [0.717, 1.165) is 17.7 Å². The summed E-state index contributed by atoms with van der Waals surface area (Å²) in [5.41, 5.74) is 28.5. The minimum absolute atomic E-state index is 0.0170. The first-order valence-corrected chi connectivity index (χ1v) is 46.9. The average Bonchev–Trinajstić information content (AvgIpc) is 0.866. The van der Waals surface area contributed by atoms with Crippen LogP contribution in [0.15, 0.2) is 427 Å². The van der Waals surface area contributed by atoms with E-state index in [1.165, 1.54) is 36.4 Å². The lowest BCUT2D eigenvalue weighted by atomic mass is 10.0. The standard InChI is InChI=1S/C25H26N4O2.C23H21N3O3.C23H21N3O2.2C22H17Cl2N3O2/c1-29(2)17-18-13-15-21(16-14-18)24(30)27-22(19-9-5-3-6-10-19)25(31)28-23(26)20-11-7-4-8-12-20;24-21(18-9-5-2-6-10-18)26-23(29)20(17-7-3-1-4-8-17)25-22(28)19-13-11-16(15-27)12-14-19;1-16-10-8-9-15-19(16)22(27)25-20(17-11-4-2-5-12-17)23(28)26-21(24)18-13-6-3-7-14-18;2*23-17-12-11-16(13-18(17)24)21(28)26-19(14-7-3-1-4-8-14)22(29)27-20(25)15-9-5-2-6-10-15/h3-16,22H,17H2,1-2H3,(H,27,30)(H2,26,28,31);1-14,20,27H,15H2,(H,25,28)(H2,24,26,29);2-15,20H,1H3,(H,25,27)(H2,24,26,28);2*1-13,19H,(H,26,28)(H2,25,27,29)/t;;;2*19-/m...10/s1. The third-order valence-electron chi connectivity index (χ3n) is 21.7. The number of carbonyl (C=O) groups excluding carboxylic acids is 10. The molecule has 146 heavy (non-hydrogen) atoms. The number of nitrogens with two attached hydrogens (primary N) is 3. The smallest absolute Gasteiger partial charge is 0.274 e. The van der Waals surface area contributed by atoms with Crippen molar-refractivity contribution in [2.24, 2.45) is 32.2 Å². The molecule has 0 aliphatic carbocycles. The zero-order chi connectivity index (χ0) is 104. The number of aryl methyl sites for hydroxylation is 1. The number of hydrogen-bond donors (Lipinski definition) is 13. The van der Waals surface area contributed by atoms with Crippen molar-refractivity contribution in [3.8, 4) is 0 Å². The van der Waals surface area contributed by atoms with Crippen molar-refractivity contribution in [3.05, 3.63) is 533 Å². The van der Waals surface area contributed by atoms with Gasteiger partial charge in [-0.2, -0.15) is 15.0 Å². The predicted octanol–water partition coefficient (Wildman–Crippen LogP) is 18.3. The fourth-order valence-corrected chi connectivity index (χ4v) is 14.7. The lowest BCUT2D eigenvalue weighted by Gasteiger charge is -2.20. The van der Waals surface area contributed by atoms with Gasteiger partial charge >= 0.3 is 0 Å². The van der Waals surface area contributed by atoms with Crippen LogP contribution >= 0.6 is 46.4 Å². The zero-order valence-electron chi connectivity index (χ0n) is 79.1. The van der Waals surface area contributed by atoms with E-state index in [4.69, 9.17) is 79.5 Å². The number of amidine groups is 5. The molecule has 3 unspecified atom stereocenters. The summed E-state index contributed by atoms with van der Waals surface area (Å²) in [7, 11) is 3.97. The molecule has 10 amide bonds. The number of halogens is 4. The second-order valence-electron chi connectivity index (χ2n) is 32.5. The Kier molecular flexibility index (Phi) is 41.4. The van der Waals surface area contributed by atoms with Gasteiger partial charge < -0.3 is 64.4 Å². The van der Waals surface area contributed by atoms with Crippen LogP contribution in [0.5, 0.6) is 0 Å². The number of hydrogen-bond acceptors (Lipinski definition) is 14. The Morgan fingerprint density at radius 2 is 0.527 bits per heavy atom. The van der Waals surface area contributed by atoms with Crippen molar-refractivity contribution in [1.82, 2.24) is 42.1 Å². The van der Waals surface area contributed by atoms with Crippen molar-refractivity contribution in [3.63, 3.8) is 0 Å². The van der Waals surface area contributed by atoms with E-state index in [1.807, 2.05) is 111 Å². The van der Waals surface area contributed by atoms with Crippen molar-refractivity contribution < 1.29 is 53.1 Å². The van der Waals surface area contributed by atoms with E-state index < -0.39 is 77.5 Å². The third kappa shape index (κ3) is 33.0. The van der Waals surface area contributed by atoms with Gasteiger partial charge in [0.15, 0.2) is 0 Å². The van der Waals surface area contributed by atoms with E-state index in [2.05, 4.69) is 52.2 Å². The molecule has 0 spiro atoms. The summed E-state index contributed by atoms with van der Waals surface area (Å²) < 4.78 is 0. The van der Waals surface area contributed by atoms with Crippen LogP contribution in [0.4, 0.5) is 0 Å². The van der Waals surface area contributed by atoms with Crippen molar-refractivity contribution in [1.29, 1.82) is 10.8 Å². The number of rotatable bonds is 28. The van der Waals surface area contributed by atoms with Gasteiger partial charge in [0.2, 0.25) is 0 Å². The summed E-state index contributed by atoms with van der Waals surface area (Å²) in [6.45, 7) is 2.51. The quantitative estimate of drug-likeness (QED) is 0.0160. The molecule has 0 aromatic heterocycles. The molecule has 0 radical (unpaired) electrons. The Morgan fingerprint density at radius 3 is 0.808 bits per heavy atom. The Labute approximate surface area is 864 Å². The summed E-state index contributed by atoms with van der Waals surface area (Å²) in [4.78, 5) is 142. The highest BCUT2D eigenvalue weighted by Gasteiger charge is 2.31. The largest absolute Gasteiger partial charge is 0.392 e. The van der Waals surface area contributed by atoms with Crippen LogP contribution in [0.1, 0.15) is 154 Å². The SMILES string of the molecule is CN(C)Cc1ccc(C(=O)NC(C(=O)NC(=N)c2ccccc2)c2ccccc2)cc1.Cc1ccccc1C(=O)NC(C(=O)NC(=N)c1ccccc1)c1ccccc1.NC(=NC(=O)C(NC(=O)c1ccc(CO)cc1)c1ccccc1)c1ccccc1.NC(=NC(=O)[C@@H](NC(=O)c1ccc(Cl)c(Cl)c1)c1ccccc1)c1ccccc1.NC(=NC(=O)[C@H](NC(=O)c1ccc(Cl)c(Cl)c1)c1ccccc1)c1ccccc1. The molecular formula is C115H102Cl4N16O11. The second kappa shape index (κ2) is 55.6. The van der Waals surface area contributed by atoms with Gasteiger partial charge in [0.25, 0.3) is 59.1 Å². The average molecular weight is 2030 g/mol. The molecule has 0 bridgehead atoms. The molecule has 16 N–H and O–H groups in total. The summed E-state index contributed by atoms with van der Waals surface area (Å²) in [6.07, 6.45) is 0. The monoisotopic (exact) mass is 2020 g/mol. The number of amides is 10. The molecule has 0 aliphatic rings. The molecule has 0 saturated heterocycles. The van der Waals surface area contributed by atoms with E-state index in [1.54, 1.807) is 291 Å². The summed E-state index contributed by atoms with van der Waals surface area (Å²) >= 11 is 23.8. The minimum Gasteiger partial charge on any atom is -0.392 e. The molecule has 15 aromatic rings. The molecular weight excluding hydrogens is 1920 g/mol. The Morgan fingerprint density at radius 1 is 0.288 bits per heavy atom. The topological polar surface area (TPSA) is 441 Å². The first-order chi connectivity index (χ1) is 70.5. The molecule has 15 aromatic carbocycles. The molecule has 0 saturated carbocycles. The van der Waals surface area contributed by atoms with Crippen molar-refractivity contribution in [2.75, 3.05) is 14.1 Å². The molecule has 5 atom stereocenters. The summed E-state index contributed by atoms with van der Waals surface area (Å²) in [5.74, 6) is -4.61. The fourth-order valence-electron chi connectivity index (χ4n) is 14.1. The predicted molar refractivity (Wildman–Crippen MR) is 573 cm³/mol. The number of nitrogens with one attached hydrogen (secondary N) is 9. The van der Waals surface area contributed by atoms with Crippen LogP contribution in [0.2, 0.25) is 20.1 Å². The molecule has 31 heteroatoms. The van der Waals surface area contributed by atoms with E-state index in [0.29, 0.717) is 87.9 Å². The van der Waals surface area contributed by atoms with Gasteiger partial charge in [-0.1, -0.05) is 392 Å². The first-order valence-electron chi connectivity index (χ1n) is 45.4. The van der Waals surface area contributed by atoms with Crippen molar-refractivity contribution in [2.45, 2.75) is 50.3 Å². The number of aliphatic hydroxyl groups excluding tert-OH is 1. The Bertz CT molecular complexity index is 6930. The fraction of sp³-hybridized carbons (Fsp3) is 0.0870. The van der Waals surface area contributed by atoms with Crippen molar-refractivity contribution >= 4 is 135 Å². The van der Waals surface area contributed by atoms with Crippen LogP contribution in [-0.2, 0) is 37.1 Å². The highest BCUT2D eigenvalue weighted by atomic mass is 35.5. The third-order valence-corrected chi connectivity index (χ3v) is 23.2. The highest BCUT2D eigenvalue weighted by molar-refractivity contribution is 6.43. The lowest BCUT2D eigenvalue weighted by molar-refractivity contribution is -0.122. The maximum atomic E-state index is 13.0. The van der Waals surface area contributed by atoms with Gasteiger partial charge in [-0.25, -0.2) is 0 Å². The molecule has 15 rings (SSSR count). The number of benzene rings is 15. The van der Waals surface area contributed by atoms with E-state index in [9.17, 15) is 47.9 Å². The lowest BCUT2D eigenvalue weighted by Crippen LogP contribution is -2.42. The number of aliphatic imine (C=N–C) groups is 3. The molecule has 0 aliphatic heterocycles. The normalized spacial score (nSPS) is 11.9. The molecule has 0 heterocycles. The minimum atomic E-state index is -1.01. The van der Waals surface area contributed by atoms with Gasteiger partial charge in [-0.05, 0) is 132 Å². The summed E-state index contributed by atoms with van der Waals surface area (Å²) in [5, 5.41) is 45.6. The van der Waals surface area contributed by atoms with Gasteiger partial charge in [0.05, 0.1) is 26.7 Å². The van der Waals surface area contributed by atoms with Crippen LogP contribution < -0.4 is 54.4 Å². The first kappa shape index (κ1) is 109. The molecule has 736 valence electrons. The zero-order valence-corrected chi connectivity index (χ0v) is 82.1. The van der Waals surface area contributed by atoms with Gasteiger partial charge in [0, 0.05) is 62.2 Å². The second-order valence-corrected chi connectivity index (χ2v) is 34.1. The van der Waals surface area contributed by atoms with E-state index in [-0.39, 0.29) is 68.8 Å². The van der Waals surface area contributed by atoms with Gasteiger partial charge in [-0.3, -0.25) is 58.8 Å². The van der Waals surface area contributed by atoms with E-state index >= 15 is 0 Å². The van der Waals surface area contributed by atoms with Crippen LogP contribution in [0, 0.1) is 17.7 Å². The Balaban J connectivity index is 0.000000174. The van der Waals surface area contributed by atoms with Crippen LogP contribution in [0.25, 0.3) is 0 Å². The molecule has 27 nitrogen and oxygen atoms in total. The number of aliphatic hydroxyl groups is 1. The van der Waals surface area contributed by atoms with Gasteiger partial charge in [0.1, 0.15) is 59.4 Å². The number of nitrogens with zero attached hydrogens (tertiary/aromatic N) is 4. The summed E-state index contributed by atoms with van der Waals surface area (Å²) in [6, 6.07) is 114.